The maximum atomic E-state index is 8.97. The van der Waals surface area contributed by atoms with Gasteiger partial charge in [0.15, 0.2) is 0 Å². The van der Waals surface area contributed by atoms with Crippen molar-refractivity contribution in [1.29, 1.82) is 0 Å². The molecule has 108 valence electrons. The lowest BCUT2D eigenvalue weighted by Gasteiger charge is -2.10. The van der Waals surface area contributed by atoms with Gasteiger partial charge in [-0.05, 0) is 18.2 Å². The first-order valence-electron chi connectivity index (χ1n) is 6.52. The summed E-state index contributed by atoms with van der Waals surface area (Å²) in [7, 11) is 1.64. The summed E-state index contributed by atoms with van der Waals surface area (Å²) in [4.78, 5) is 5.32. The first-order valence-corrected chi connectivity index (χ1v) is 6.97. The van der Waals surface area contributed by atoms with E-state index in [4.69, 9.17) is 9.84 Å². The zero-order chi connectivity index (χ0) is 14.8. The van der Waals surface area contributed by atoms with Gasteiger partial charge in [0.1, 0.15) is 5.75 Å². The van der Waals surface area contributed by atoms with Crippen LogP contribution in [0.1, 0.15) is 0 Å². The molecular formula is C15H15N3O2S. The minimum Gasteiger partial charge on any atom is -0.495 e. The van der Waals surface area contributed by atoms with Crippen LogP contribution in [-0.4, -0.2) is 33.6 Å². The van der Waals surface area contributed by atoms with E-state index in [-0.39, 0.29) is 6.61 Å². The van der Waals surface area contributed by atoms with Gasteiger partial charge < -0.3 is 9.84 Å². The van der Waals surface area contributed by atoms with Crippen molar-refractivity contribution in [2.45, 2.75) is 11.4 Å². The zero-order valence-electron chi connectivity index (χ0n) is 11.5. The van der Waals surface area contributed by atoms with Crippen LogP contribution in [0, 0.1) is 0 Å². The molecule has 2 aromatic heterocycles. The van der Waals surface area contributed by atoms with Crippen LogP contribution in [0.4, 0.5) is 0 Å². The molecule has 0 saturated carbocycles. The first kappa shape index (κ1) is 13.9. The van der Waals surface area contributed by atoms with E-state index in [0.717, 1.165) is 32.7 Å². The van der Waals surface area contributed by atoms with E-state index >= 15 is 0 Å². The fourth-order valence-corrected chi connectivity index (χ4v) is 2.51. The van der Waals surface area contributed by atoms with E-state index in [1.54, 1.807) is 24.2 Å². The molecular weight excluding hydrogens is 286 g/mol. The Bertz CT molecular complexity index is 786. The Morgan fingerprint density at radius 1 is 1.33 bits per heavy atom. The lowest BCUT2D eigenvalue weighted by atomic mass is 10.1. The maximum Gasteiger partial charge on any atom is 0.137 e. The number of pyridine rings is 1. The largest absolute Gasteiger partial charge is 0.495 e. The molecule has 3 aromatic rings. The van der Waals surface area contributed by atoms with E-state index in [0.29, 0.717) is 6.54 Å². The normalized spacial score (nSPS) is 11.0. The second-order valence-electron chi connectivity index (χ2n) is 4.62. The van der Waals surface area contributed by atoms with Crippen molar-refractivity contribution >= 4 is 23.5 Å². The Hall–Kier alpha value is -2.05. The Balaban J connectivity index is 2.17. The number of fused-ring (bicyclic) bond motifs is 1. The number of thiol groups is 1. The van der Waals surface area contributed by atoms with Gasteiger partial charge in [0, 0.05) is 33.8 Å². The number of methoxy groups -OCH3 is 1. The molecule has 2 heterocycles. The van der Waals surface area contributed by atoms with Gasteiger partial charge in [0.2, 0.25) is 0 Å². The van der Waals surface area contributed by atoms with Gasteiger partial charge in [-0.2, -0.15) is 5.10 Å². The molecule has 0 aliphatic heterocycles. The number of hydrogen-bond acceptors (Lipinski definition) is 5. The van der Waals surface area contributed by atoms with Gasteiger partial charge >= 0.3 is 0 Å². The number of benzene rings is 1. The summed E-state index contributed by atoms with van der Waals surface area (Å²) in [6.45, 7) is 0.515. The molecule has 0 bridgehead atoms. The summed E-state index contributed by atoms with van der Waals surface area (Å²) in [6, 6.07) is 5.75. The summed E-state index contributed by atoms with van der Waals surface area (Å²) in [6.07, 6.45) is 5.39. The molecule has 1 N–H and O–H groups in total. The summed E-state index contributed by atoms with van der Waals surface area (Å²) in [5.41, 5.74) is 2.63. The highest BCUT2D eigenvalue weighted by molar-refractivity contribution is 7.80. The summed E-state index contributed by atoms with van der Waals surface area (Å²) in [5.74, 6) is 0.749. The number of rotatable bonds is 4. The van der Waals surface area contributed by atoms with Crippen molar-refractivity contribution in [2.24, 2.45) is 0 Å². The number of aliphatic hydroxyl groups is 1. The third-order valence-corrected chi connectivity index (χ3v) is 3.56. The van der Waals surface area contributed by atoms with Crippen LogP contribution in [0.15, 0.2) is 41.7 Å². The van der Waals surface area contributed by atoms with Crippen LogP contribution in [0.25, 0.3) is 22.0 Å². The van der Waals surface area contributed by atoms with Gasteiger partial charge in [0.25, 0.3) is 0 Å². The van der Waals surface area contributed by atoms with E-state index < -0.39 is 0 Å². The molecule has 0 amide bonds. The quantitative estimate of drug-likeness (QED) is 0.726. The van der Waals surface area contributed by atoms with Crippen LogP contribution in [0.2, 0.25) is 0 Å². The van der Waals surface area contributed by atoms with Crippen LogP contribution < -0.4 is 4.74 Å². The highest BCUT2D eigenvalue weighted by Crippen LogP contribution is 2.36. The fourth-order valence-electron chi connectivity index (χ4n) is 2.31. The molecule has 0 atom stereocenters. The average Bonchev–Trinajstić information content (AvgIpc) is 2.94. The molecule has 0 spiro atoms. The van der Waals surface area contributed by atoms with Gasteiger partial charge in [-0.3, -0.25) is 9.67 Å². The number of aromatic nitrogens is 3. The maximum absolute atomic E-state index is 8.97. The van der Waals surface area contributed by atoms with Crippen molar-refractivity contribution < 1.29 is 9.84 Å². The molecule has 0 radical (unpaired) electrons. The third kappa shape index (κ3) is 2.59. The molecule has 6 heteroatoms. The number of ether oxygens (including phenoxy) is 1. The number of hydrogen-bond donors (Lipinski definition) is 2. The fraction of sp³-hybridized carbons (Fsp3) is 0.200. The highest BCUT2D eigenvalue weighted by atomic mass is 32.1. The summed E-state index contributed by atoms with van der Waals surface area (Å²) < 4.78 is 7.27. The number of aliphatic hydroxyl groups excluding tert-OH is 1. The molecule has 0 saturated heterocycles. The number of nitrogens with zero attached hydrogens (tertiary/aromatic N) is 3. The average molecular weight is 301 g/mol. The molecule has 0 aliphatic rings. The molecule has 1 aromatic carbocycles. The Morgan fingerprint density at radius 2 is 2.19 bits per heavy atom. The van der Waals surface area contributed by atoms with Gasteiger partial charge in [-0.15, -0.1) is 12.6 Å². The summed E-state index contributed by atoms with van der Waals surface area (Å²) >= 11 is 4.37. The molecule has 0 aliphatic carbocycles. The van der Waals surface area contributed by atoms with E-state index in [9.17, 15) is 0 Å². The lowest BCUT2D eigenvalue weighted by molar-refractivity contribution is 0.269. The van der Waals surface area contributed by atoms with E-state index in [1.807, 2.05) is 24.4 Å². The van der Waals surface area contributed by atoms with Crippen molar-refractivity contribution in [3.05, 3.63) is 36.8 Å². The van der Waals surface area contributed by atoms with Crippen molar-refractivity contribution in [3.8, 4) is 16.9 Å². The minimum atomic E-state index is 0.0528. The van der Waals surface area contributed by atoms with Gasteiger partial charge in [0.05, 0.1) is 32.0 Å². The highest BCUT2D eigenvalue weighted by Gasteiger charge is 2.13. The monoisotopic (exact) mass is 301 g/mol. The van der Waals surface area contributed by atoms with Crippen molar-refractivity contribution in [3.63, 3.8) is 0 Å². The smallest absolute Gasteiger partial charge is 0.137 e. The van der Waals surface area contributed by atoms with Crippen molar-refractivity contribution in [2.75, 3.05) is 13.7 Å². The standard InChI is InChI=1S/C15H15N3O2S/c1-20-15-12-6-11(21)2-3-14(12)16-8-13(15)10-7-17-18(9-10)4-5-19/h2-3,6-9,19,21H,4-5H2,1H3. The van der Waals surface area contributed by atoms with Gasteiger partial charge in [-0.25, -0.2) is 0 Å². The van der Waals surface area contributed by atoms with Crippen LogP contribution in [0.5, 0.6) is 5.75 Å². The zero-order valence-corrected chi connectivity index (χ0v) is 12.4. The predicted molar refractivity (Wildman–Crippen MR) is 83.9 cm³/mol. The van der Waals surface area contributed by atoms with Crippen molar-refractivity contribution in [1.82, 2.24) is 14.8 Å². The molecule has 0 fully saturated rings. The lowest BCUT2D eigenvalue weighted by Crippen LogP contribution is -2.01. The van der Waals surface area contributed by atoms with Gasteiger partial charge in [-0.1, -0.05) is 0 Å². The Labute approximate surface area is 127 Å². The first-order chi connectivity index (χ1) is 10.2. The predicted octanol–water partition coefficient (Wildman–Crippen LogP) is 2.39. The van der Waals surface area contributed by atoms with Crippen LogP contribution >= 0.6 is 12.6 Å². The van der Waals surface area contributed by atoms with Crippen LogP contribution in [-0.2, 0) is 6.54 Å². The molecule has 5 nitrogen and oxygen atoms in total. The topological polar surface area (TPSA) is 60.2 Å². The molecule has 0 unspecified atom stereocenters. The van der Waals surface area contributed by atoms with Crippen LogP contribution in [0.3, 0.4) is 0 Å². The SMILES string of the molecule is COc1c(-c2cnn(CCO)c2)cnc2ccc(S)cc12. The Kier molecular flexibility index (Phi) is 3.81. The second-order valence-corrected chi connectivity index (χ2v) is 5.14. The summed E-state index contributed by atoms with van der Waals surface area (Å²) in [5, 5.41) is 14.1. The second kappa shape index (κ2) is 5.75. The van der Waals surface area contributed by atoms with E-state index in [1.165, 1.54) is 0 Å². The van der Waals surface area contributed by atoms with E-state index in [2.05, 4.69) is 22.7 Å². The third-order valence-electron chi connectivity index (χ3n) is 3.28. The Morgan fingerprint density at radius 3 is 2.95 bits per heavy atom. The molecule has 21 heavy (non-hydrogen) atoms. The minimum absolute atomic E-state index is 0.0528. The molecule has 3 rings (SSSR count).